The minimum absolute atomic E-state index is 0.197. The van der Waals surface area contributed by atoms with Crippen LogP contribution >= 0.6 is 39.1 Å². The van der Waals surface area contributed by atoms with Crippen molar-refractivity contribution >= 4 is 55.7 Å². The minimum atomic E-state index is -0.455. The van der Waals surface area contributed by atoms with Gasteiger partial charge in [0.1, 0.15) is 16.9 Å². The lowest BCUT2D eigenvalue weighted by atomic mass is 10.0. The Labute approximate surface area is 199 Å². The highest BCUT2D eigenvalue weighted by atomic mass is 79.9. The summed E-state index contributed by atoms with van der Waals surface area (Å²) in [6, 6.07) is 12.2. The van der Waals surface area contributed by atoms with Gasteiger partial charge < -0.3 is 10.2 Å². The molecule has 0 bridgehead atoms. The Hall–Kier alpha value is -3.20. The average Bonchev–Trinajstić information content (AvgIpc) is 3.29. The molecule has 0 radical (unpaired) electrons. The molecule has 0 fully saturated rings. The van der Waals surface area contributed by atoms with E-state index < -0.39 is 5.56 Å². The standard InChI is InChI=1S/C22H12BrCl2N5O2/c23-13-5-11(18-9-27-10-32-18)4-12(6-13)19-15-2-1-3-28-20(15)22(31)30(29-19)21-16(24)7-14(26)8-17(21)25/h1-10H,26H2. The molecule has 0 aliphatic rings. The largest absolute Gasteiger partial charge is 0.444 e. The van der Waals surface area contributed by atoms with Crippen molar-refractivity contribution in [2.75, 3.05) is 5.73 Å². The summed E-state index contributed by atoms with van der Waals surface area (Å²) in [6.07, 6.45) is 4.52. The molecule has 0 saturated heterocycles. The second-order valence-corrected chi connectivity index (χ2v) is 8.62. The number of oxazole rings is 1. The summed E-state index contributed by atoms with van der Waals surface area (Å²) in [5.41, 5.74) is 8.22. The van der Waals surface area contributed by atoms with Gasteiger partial charge in [-0.15, -0.1) is 0 Å². The van der Waals surface area contributed by atoms with E-state index in [1.807, 2.05) is 18.2 Å². The third-order valence-corrected chi connectivity index (χ3v) is 5.83. The fourth-order valence-electron chi connectivity index (χ4n) is 3.45. The molecule has 7 nitrogen and oxygen atoms in total. The summed E-state index contributed by atoms with van der Waals surface area (Å²) in [5.74, 6) is 0.591. The smallest absolute Gasteiger partial charge is 0.298 e. The lowest BCUT2D eigenvalue weighted by molar-refractivity contribution is 0.572. The van der Waals surface area contributed by atoms with Crippen LogP contribution in [-0.4, -0.2) is 19.7 Å². The summed E-state index contributed by atoms with van der Waals surface area (Å²) in [6.45, 7) is 0. The second kappa shape index (κ2) is 8.05. The van der Waals surface area contributed by atoms with Crippen LogP contribution in [0.15, 0.2) is 74.9 Å². The van der Waals surface area contributed by atoms with Crippen LogP contribution in [0.5, 0.6) is 0 Å². The minimum Gasteiger partial charge on any atom is -0.444 e. The van der Waals surface area contributed by atoms with Crippen molar-refractivity contribution in [3.63, 3.8) is 0 Å². The number of hydrogen-bond acceptors (Lipinski definition) is 6. The van der Waals surface area contributed by atoms with Gasteiger partial charge in [0.05, 0.1) is 16.2 Å². The molecule has 3 heterocycles. The molecule has 0 saturated carbocycles. The van der Waals surface area contributed by atoms with Crippen molar-refractivity contribution in [3.8, 4) is 28.3 Å². The van der Waals surface area contributed by atoms with Gasteiger partial charge in [0, 0.05) is 32.9 Å². The zero-order chi connectivity index (χ0) is 22.4. The normalized spacial score (nSPS) is 11.2. The first-order valence-electron chi connectivity index (χ1n) is 9.25. The highest BCUT2D eigenvalue weighted by Crippen LogP contribution is 2.34. The molecule has 158 valence electrons. The van der Waals surface area contributed by atoms with Gasteiger partial charge in [-0.05, 0) is 42.5 Å². The molecule has 5 rings (SSSR count). The molecule has 0 spiro atoms. The fraction of sp³-hybridized carbons (Fsp3) is 0. The third kappa shape index (κ3) is 3.56. The van der Waals surface area contributed by atoms with Gasteiger partial charge in [-0.1, -0.05) is 39.1 Å². The van der Waals surface area contributed by atoms with Crippen LogP contribution in [0, 0.1) is 0 Å². The van der Waals surface area contributed by atoms with E-state index in [4.69, 9.17) is 33.4 Å². The number of nitrogens with two attached hydrogens (primary N) is 1. The van der Waals surface area contributed by atoms with Crippen LogP contribution in [0.3, 0.4) is 0 Å². The van der Waals surface area contributed by atoms with Crippen molar-refractivity contribution in [3.05, 3.63) is 86.1 Å². The number of nitrogens with zero attached hydrogens (tertiary/aromatic N) is 4. The quantitative estimate of drug-likeness (QED) is 0.299. The lowest BCUT2D eigenvalue weighted by Crippen LogP contribution is -2.23. The van der Waals surface area contributed by atoms with Gasteiger partial charge in [0.15, 0.2) is 12.2 Å². The number of pyridine rings is 1. The van der Waals surface area contributed by atoms with Crippen molar-refractivity contribution in [2.45, 2.75) is 0 Å². The summed E-state index contributed by atoms with van der Waals surface area (Å²) in [4.78, 5) is 21.6. The third-order valence-electron chi connectivity index (χ3n) is 4.80. The first kappa shape index (κ1) is 20.7. The highest BCUT2D eigenvalue weighted by Gasteiger charge is 2.19. The number of halogens is 3. The second-order valence-electron chi connectivity index (χ2n) is 6.89. The molecule has 2 aromatic carbocycles. The van der Waals surface area contributed by atoms with E-state index in [1.165, 1.54) is 18.5 Å². The number of rotatable bonds is 3. The van der Waals surface area contributed by atoms with E-state index in [9.17, 15) is 4.79 Å². The Morgan fingerprint density at radius 3 is 2.53 bits per heavy atom. The molecule has 10 heteroatoms. The fourth-order valence-corrected chi connectivity index (χ4v) is 4.60. The van der Waals surface area contributed by atoms with E-state index in [2.05, 4.69) is 31.0 Å². The maximum Gasteiger partial charge on any atom is 0.298 e. The number of fused-ring (bicyclic) bond motifs is 1. The molecular formula is C22H12BrCl2N5O2. The Morgan fingerprint density at radius 1 is 1.06 bits per heavy atom. The molecular weight excluding hydrogens is 517 g/mol. The van der Waals surface area contributed by atoms with E-state index in [0.29, 0.717) is 22.5 Å². The van der Waals surface area contributed by atoms with Crippen molar-refractivity contribution in [2.24, 2.45) is 0 Å². The van der Waals surface area contributed by atoms with E-state index in [-0.39, 0.29) is 21.2 Å². The summed E-state index contributed by atoms with van der Waals surface area (Å²) in [7, 11) is 0. The van der Waals surface area contributed by atoms with Crippen molar-refractivity contribution in [1.29, 1.82) is 0 Å². The maximum absolute atomic E-state index is 13.3. The van der Waals surface area contributed by atoms with Gasteiger partial charge >= 0.3 is 0 Å². The molecule has 0 unspecified atom stereocenters. The molecule has 3 aromatic heterocycles. The SMILES string of the molecule is Nc1cc(Cl)c(-n2nc(-c3cc(Br)cc(-c4cnco4)c3)c3cccnc3c2=O)c(Cl)c1. The molecule has 5 aromatic rings. The Balaban J connectivity index is 1.85. The predicted octanol–water partition coefficient (Wildman–Crippen LogP) is 5.75. The molecule has 0 atom stereocenters. The molecule has 0 aliphatic heterocycles. The van der Waals surface area contributed by atoms with Crippen LogP contribution in [0.4, 0.5) is 5.69 Å². The Bertz CT molecular complexity index is 1530. The highest BCUT2D eigenvalue weighted by molar-refractivity contribution is 9.10. The van der Waals surface area contributed by atoms with E-state index in [1.54, 1.807) is 24.5 Å². The number of nitrogen functional groups attached to an aromatic ring is 1. The number of aromatic nitrogens is 4. The molecule has 2 N–H and O–H groups in total. The van der Waals surface area contributed by atoms with Crippen molar-refractivity contribution < 1.29 is 4.42 Å². The molecule has 32 heavy (non-hydrogen) atoms. The van der Waals surface area contributed by atoms with E-state index in [0.717, 1.165) is 20.3 Å². The molecule has 0 aliphatic carbocycles. The van der Waals surface area contributed by atoms with Gasteiger partial charge in [-0.3, -0.25) is 9.78 Å². The Morgan fingerprint density at radius 2 is 1.81 bits per heavy atom. The zero-order valence-corrected chi connectivity index (χ0v) is 19.2. The zero-order valence-electron chi connectivity index (χ0n) is 16.1. The summed E-state index contributed by atoms with van der Waals surface area (Å²) in [5, 5.41) is 5.62. The van der Waals surface area contributed by atoms with Crippen molar-refractivity contribution in [1.82, 2.24) is 19.7 Å². The van der Waals surface area contributed by atoms with Crippen LogP contribution in [-0.2, 0) is 0 Å². The topological polar surface area (TPSA) is 99.8 Å². The molecule has 0 amide bonds. The van der Waals surface area contributed by atoms with Crippen LogP contribution in [0.25, 0.3) is 39.2 Å². The summed E-state index contributed by atoms with van der Waals surface area (Å²) >= 11 is 16.3. The Kier molecular flexibility index (Phi) is 5.21. The average molecular weight is 529 g/mol. The number of benzene rings is 2. The van der Waals surface area contributed by atoms with Gasteiger partial charge in [-0.25, -0.2) is 4.98 Å². The van der Waals surface area contributed by atoms with Gasteiger partial charge in [0.25, 0.3) is 5.56 Å². The first-order chi connectivity index (χ1) is 15.4. The van der Waals surface area contributed by atoms with Gasteiger partial charge in [0.2, 0.25) is 0 Å². The van der Waals surface area contributed by atoms with E-state index >= 15 is 0 Å². The first-order valence-corrected chi connectivity index (χ1v) is 10.8. The van der Waals surface area contributed by atoms with Crippen LogP contribution in [0.1, 0.15) is 0 Å². The van der Waals surface area contributed by atoms with Crippen LogP contribution in [0.2, 0.25) is 10.0 Å². The van der Waals surface area contributed by atoms with Crippen LogP contribution < -0.4 is 11.3 Å². The van der Waals surface area contributed by atoms with Gasteiger partial charge in [-0.2, -0.15) is 9.78 Å². The number of anilines is 1. The number of hydrogen-bond donors (Lipinski definition) is 1. The monoisotopic (exact) mass is 527 g/mol. The maximum atomic E-state index is 13.3. The lowest BCUT2D eigenvalue weighted by Gasteiger charge is -2.14. The summed E-state index contributed by atoms with van der Waals surface area (Å²) < 4.78 is 7.39. The predicted molar refractivity (Wildman–Crippen MR) is 128 cm³/mol.